The van der Waals surface area contributed by atoms with E-state index in [4.69, 9.17) is 0 Å². The third-order valence-corrected chi connectivity index (χ3v) is 2.71. The molecule has 0 atom stereocenters. The third kappa shape index (κ3) is 7.14. The van der Waals surface area contributed by atoms with Crippen molar-refractivity contribution in [2.45, 2.75) is 40.2 Å². The minimum atomic E-state index is 0.0613. The topological polar surface area (TPSA) is 40.2 Å². The maximum Gasteiger partial charge on any atom is 0.152 e. The Hall–Kier alpha value is -1.55. The van der Waals surface area contributed by atoms with E-state index in [1.54, 1.807) is 0 Å². The molecule has 1 aromatic heterocycles. The Labute approximate surface area is 129 Å². The molecule has 2 rings (SSSR count). The molecule has 0 saturated carbocycles. The first kappa shape index (κ1) is 17.5. The van der Waals surface area contributed by atoms with Gasteiger partial charge in [-0.15, -0.1) is 6.58 Å². The van der Waals surface area contributed by atoms with Crippen molar-refractivity contribution >= 4 is 11.5 Å². The van der Waals surface area contributed by atoms with Crippen LogP contribution in [-0.4, -0.2) is 36.7 Å². The normalized spacial score (nSPS) is 15.0. The van der Waals surface area contributed by atoms with Gasteiger partial charge in [-0.3, -0.25) is 0 Å². The number of anilines is 2. The Morgan fingerprint density at radius 1 is 1.29 bits per heavy atom. The summed E-state index contributed by atoms with van der Waals surface area (Å²) in [6, 6.07) is 4.09. The summed E-state index contributed by atoms with van der Waals surface area (Å²) in [4.78, 5) is 6.86. The number of piperazine rings is 1. The molecule has 118 valence electrons. The van der Waals surface area contributed by atoms with Crippen LogP contribution in [0.15, 0.2) is 30.5 Å². The van der Waals surface area contributed by atoms with Gasteiger partial charge in [-0.1, -0.05) is 5.57 Å². The summed E-state index contributed by atoms with van der Waals surface area (Å²) in [6.07, 6.45) is 1.87. The van der Waals surface area contributed by atoms with Crippen LogP contribution in [0.2, 0.25) is 0 Å². The molecule has 1 aliphatic heterocycles. The average Bonchev–Trinajstić information content (AvgIpc) is 2.38. The van der Waals surface area contributed by atoms with Gasteiger partial charge in [0, 0.05) is 37.9 Å². The molecule has 2 heterocycles. The summed E-state index contributed by atoms with van der Waals surface area (Å²) in [7, 11) is 0. The van der Waals surface area contributed by atoms with Gasteiger partial charge >= 0.3 is 0 Å². The van der Waals surface area contributed by atoms with Gasteiger partial charge in [0.25, 0.3) is 0 Å². The van der Waals surface area contributed by atoms with Crippen LogP contribution in [-0.2, 0) is 0 Å². The zero-order chi connectivity index (χ0) is 15.9. The Balaban J connectivity index is 0.000000491. The summed E-state index contributed by atoms with van der Waals surface area (Å²) in [5, 5.41) is 6.88. The standard InChI is InChI=1S/C13H22N4.C4H8/c1-13(2,3)16-11-5-4-6-15-12(11)17-9-7-14-8-10-17;1-4(2)3/h4-6,14,16H,7-10H2,1-3H3;1H2,2-3H3. The number of pyridine rings is 1. The molecule has 0 aliphatic carbocycles. The Bertz CT molecular complexity index is 438. The van der Waals surface area contributed by atoms with Crippen molar-refractivity contribution in [1.29, 1.82) is 0 Å². The molecule has 21 heavy (non-hydrogen) atoms. The number of rotatable bonds is 2. The molecule has 1 fully saturated rings. The lowest BCUT2D eigenvalue weighted by Crippen LogP contribution is -2.44. The van der Waals surface area contributed by atoms with Crippen LogP contribution in [0.25, 0.3) is 0 Å². The van der Waals surface area contributed by atoms with E-state index in [0.29, 0.717) is 0 Å². The second-order valence-electron chi connectivity index (χ2n) is 6.69. The highest BCUT2D eigenvalue weighted by atomic mass is 15.2. The van der Waals surface area contributed by atoms with Crippen LogP contribution in [0.5, 0.6) is 0 Å². The number of allylic oxidation sites excluding steroid dienone is 1. The lowest BCUT2D eigenvalue weighted by atomic mass is 10.1. The van der Waals surface area contributed by atoms with Gasteiger partial charge < -0.3 is 15.5 Å². The maximum absolute atomic E-state index is 4.52. The van der Waals surface area contributed by atoms with E-state index in [9.17, 15) is 0 Å². The molecule has 1 aromatic rings. The monoisotopic (exact) mass is 290 g/mol. The van der Waals surface area contributed by atoms with Crippen LogP contribution in [0.4, 0.5) is 11.5 Å². The first-order valence-corrected chi connectivity index (χ1v) is 7.60. The maximum atomic E-state index is 4.52. The van der Waals surface area contributed by atoms with Gasteiger partial charge in [-0.05, 0) is 46.8 Å². The Morgan fingerprint density at radius 3 is 2.38 bits per heavy atom. The molecule has 0 spiro atoms. The number of hydrogen-bond donors (Lipinski definition) is 2. The van der Waals surface area contributed by atoms with E-state index in [1.165, 1.54) is 5.57 Å². The number of aromatic nitrogens is 1. The Morgan fingerprint density at radius 2 is 1.86 bits per heavy atom. The average molecular weight is 290 g/mol. The summed E-state index contributed by atoms with van der Waals surface area (Å²) >= 11 is 0. The van der Waals surface area contributed by atoms with E-state index in [1.807, 2.05) is 26.1 Å². The van der Waals surface area contributed by atoms with Gasteiger partial charge in [0.15, 0.2) is 5.82 Å². The van der Waals surface area contributed by atoms with Crippen LogP contribution >= 0.6 is 0 Å². The van der Waals surface area contributed by atoms with Crippen molar-refractivity contribution in [2.24, 2.45) is 0 Å². The van der Waals surface area contributed by atoms with Crippen molar-refractivity contribution in [3.05, 3.63) is 30.5 Å². The number of nitrogens with zero attached hydrogens (tertiary/aromatic N) is 2. The van der Waals surface area contributed by atoms with Crippen molar-refractivity contribution in [3.8, 4) is 0 Å². The van der Waals surface area contributed by atoms with E-state index in [0.717, 1.165) is 37.7 Å². The zero-order valence-electron chi connectivity index (χ0n) is 14.2. The fourth-order valence-corrected chi connectivity index (χ4v) is 2.03. The van der Waals surface area contributed by atoms with Gasteiger partial charge in [0.2, 0.25) is 0 Å². The lowest BCUT2D eigenvalue weighted by Gasteiger charge is -2.32. The largest absolute Gasteiger partial charge is 0.377 e. The summed E-state index contributed by atoms with van der Waals surface area (Å²) in [6.45, 7) is 18.1. The predicted molar refractivity (Wildman–Crippen MR) is 93.2 cm³/mol. The van der Waals surface area contributed by atoms with Crippen molar-refractivity contribution in [2.75, 3.05) is 36.4 Å². The molecule has 1 saturated heterocycles. The van der Waals surface area contributed by atoms with Crippen LogP contribution in [0, 0.1) is 0 Å². The lowest BCUT2D eigenvalue weighted by molar-refractivity contribution is 0.583. The van der Waals surface area contributed by atoms with E-state index in [-0.39, 0.29) is 5.54 Å². The highest BCUT2D eigenvalue weighted by Gasteiger charge is 2.18. The molecule has 2 N–H and O–H groups in total. The minimum absolute atomic E-state index is 0.0613. The molecular weight excluding hydrogens is 260 g/mol. The zero-order valence-corrected chi connectivity index (χ0v) is 14.2. The highest BCUT2D eigenvalue weighted by molar-refractivity contribution is 5.66. The molecule has 4 nitrogen and oxygen atoms in total. The van der Waals surface area contributed by atoms with Gasteiger partial charge in [-0.2, -0.15) is 0 Å². The fourth-order valence-electron chi connectivity index (χ4n) is 2.03. The first-order chi connectivity index (χ1) is 9.79. The first-order valence-electron chi connectivity index (χ1n) is 7.60. The molecule has 0 radical (unpaired) electrons. The van der Waals surface area contributed by atoms with Crippen molar-refractivity contribution in [3.63, 3.8) is 0 Å². The number of hydrogen-bond acceptors (Lipinski definition) is 4. The quantitative estimate of drug-likeness (QED) is 0.820. The second kappa shape index (κ2) is 8.03. The fraction of sp³-hybridized carbons (Fsp3) is 0.588. The predicted octanol–water partition coefficient (Wildman–Crippen LogP) is 3.28. The minimum Gasteiger partial charge on any atom is -0.377 e. The van der Waals surface area contributed by atoms with Crippen LogP contribution in [0.3, 0.4) is 0 Å². The van der Waals surface area contributed by atoms with Crippen LogP contribution in [0.1, 0.15) is 34.6 Å². The van der Waals surface area contributed by atoms with Gasteiger partial charge in [0.1, 0.15) is 0 Å². The smallest absolute Gasteiger partial charge is 0.152 e. The third-order valence-electron chi connectivity index (χ3n) is 2.71. The van der Waals surface area contributed by atoms with Crippen molar-refractivity contribution in [1.82, 2.24) is 10.3 Å². The van der Waals surface area contributed by atoms with E-state index in [2.05, 4.69) is 53.9 Å². The molecular formula is C17H30N4. The molecule has 0 unspecified atom stereocenters. The van der Waals surface area contributed by atoms with E-state index >= 15 is 0 Å². The van der Waals surface area contributed by atoms with Gasteiger partial charge in [0.05, 0.1) is 5.69 Å². The SMILES string of the molecule is C=C(C)C.CC(C)(C)Nc1cccnc1N1CCNCC1. The summed E-state index contributed by atoms with van der Waals surface area (Å²) in [5.41, 5.74) is 2.35. The van der Waals surface area contributed by atoms with Crippen molar-refractivity contribution < 1.29 is 0 Å². The van der Waals surface area contributed by atoms with Gasteiger partial charge in [-0.25, -0.2) is 4.98 Å². The molecule has 0 amide bonds. The molecule has 1 aliphatic rings. The summed E-state index contributed by atoms with van der Waals surface area (Å²) < 4.78 is 0. The molecule has 0 aromatic carbocycles. The molecule has 4 heteroatoms. The van der Waals surface area contributed by atoms with E-state index < -0.39 is 0 Å². The summed E-state index contributed by atoms with van der Waals surface area (Å²) in [5.74, 6) is 1.07. The second-order valence-corrected chi connectivity index (χ2v) is 6.69. The van der Waals surface area contributed by atoms with Crippen LogP contribution < -0.4 is 15.5 Å². The Kier molecular flexibility index (Phi) is 6.69. The highest BCUT2D eigenvalue weighted by Crippen LogP contribution is 2.25. The number of nitrogens with one attached hydrogen (secondary N) is 2. The molecule has 0 bridgehead atoms.